The van der Waals surface area contributed by atoms with Gasteiger partial charge in [-0.3, -0.25) is 9.69 Å². The minimum Gasteiger partial charge on any atom is -0.383 e. The molecule has 1 amide bonds. The summed E-state index contributed by atoms with van der Waals surface area (Å²) in [5, 5.41) is 6.10. The summed E-state index contributed by atoms with van der Waals surface area (Å²) in [4.78, 5) is 18.6. The fourth-order valence-electron chi connectivity index (χ4n) is 2.25. The number of carbonyl (C=O) groups excluding carboxylic acids is 1. The number of amides is 1. The maximum atomic E-state index is 12.4. The molecule has 0 saturated carbocycles. The lowest BCUT2D eigenvalue weighted by Crippen LogP contribution is -2.46. The number of guanidine groups is 1. The van der Waals surface area contributed by atoms with E-state index in [9.17, 15) is 18.0 Å². The quantitative estimate of drug-likeness (QED) is 0.240. The number of carbonyl (C=O) groups is 1. The van der Waals surface area contributed by atoms with Crippen LogP contribution in [0.3, 0.4) is 0 Å². The lowest BCUT2D eigenvalue weighted by Gasteiger charge is -2.20. The van der Waals surface area contributed by atoms with Gasteiger partial charge in [0, 0.05) is 46.9 Å². The highest BCUT2D eigenvalue weighted by Crippen LogP contribution is 2.19. The molecule has 1 fully saturated rings. The summed E-state index contributed by atoms with van der Waals surface area (Å²) in [5.74, 6) is 0.245. The largest absolute Gasteiger partial charge is 0.401 e. The van der Waals surface area contributed by atoms with Gasteiger partial charge in [0.15, 0.2) is 5.96 Å². The van der Waals surface area contributed by atoms with Gasteiger partial charge in [0.1, 0.15) is 6.54 Å². The monoisotopic (exact) mass is 481 g/mol. The maximum Gasteiger partial charge on any atom is 0.401 e. The van der Waals surface area contributed by atoms with Gasteiger partial charge >= 0.3 is 6.18 Å². The second-order valence-corrected chi connectivity index (χ2v) is 5.85. The number of ether oxygens (including phenoxy) is 1. The van der Waals surface area contributed by atoms with E-state index in [1.807, 2.05) is 0 Å². The first-order valence-electron chi connectivity index (χ1n) is 7.74. The Labute approximate surface area is 163 Å². The van der Waals surface area contributed by atoms with Crippen molar-refractivity contribution >= 4 is 35.8 Å². The normalized spacial score (nSPS) is 18.6. The second-order valence-electron chi connectivity index (χ2n) is 5.85. The highest BCUT2D eigenvalue weighted by molar-refractivity contribution is 14.0. The first-order valence-corrected chi connectivity index (χ1v) is 7.74. The smallest absolute Gasteiger partial charge is 0.383 e. The Morgan fingerprint density at radius 1 is 1.40 bits per heavy atom. The Bertz CT molecular complexity index is 435. The number of likely N-dealkylation sites (tertiary alicyclic amines) is 1. The van der Waals surface area contributed by atoms with Crippen molar-refractivity contribution in [3.05, 3.63) is 0 Å². The Balaban J connectivity index is 0.00000576. The van der Waals surface area contributed by atoms with Crippen molar-refractivity contribution in [3.63, 3.8) is 0 Å². The SMILES string of the molecule is COCCNC(=NCC(=O)N(C)C)NC1CCN(CC(F)(F)F)C1.I. The van der Waals surface area contributed by atoms with Gasteiger partial charge in [-0.25, -0.2) is 4.99 Å². The van der Waals surface area contributed by atoms with E-state index in [1.165, 1.54) is 9.80 Å². The molecule has 1 rings (SSSR count). The van der Waals surface area contributed by atoms with Crippen LogP contribution in [0.1, 0.15) is 6.42 Å². The van der Waals surface area contributed by atoms with Gasteiger partial charge in [0.2, 0.25) is 5.91 Å². The molecule has 11 heteroatoms. The summed E-state index contributed by atoms with van der Waals surface area (Å²) in [6.45, 7) is 0.651. The van der Waals surface area contributed by atoms with Crippen LogP contribution in [0.25, 0.3) is 0 Å². The van der Waals surface area contributed by atoms with Gasteiger partial charge in [0.05, 0.1) is 13.2 Å². The molecule has 25 heavy (non-hydrogen) atoms. The molecular weight excluding hydrogens is 454 g/mol. The summed E-state index contributed by atoms with van der Waals surface area (Å²) in [6.07, 6.45) is -3.61. The molecule has 2 N–H and O–H groups in total. The minimum atomic E-state index is -4.19. The van der Waals surface area contributed by atoms with Crippen molar-refractivity contribution in [2.75, 3.05) is 60.5 Å². The Hall–Kier alpha value is -0.820. The third-order valence-electron chi connectivity index (χ3n) is 3.49. The van der Waals surface area contributed by atoms with Crippen molar-refractivity contribution in [1.82, 2.24) is 20.4 Å². The molecule has 0 aromatic carbocycles. The minimum absolute atomic E-state index is 0. The fraction of sp³-hybridized carbons (Fsp3) is 0.857. The highest BCUT2D eigenvalue weighted by Gasteiger charge is 2.34. The van der Waals surface area contributed by atoms with Crippen LogP contribution in [-0.2, 0) is 9.53 Å². The van der Waals surface area contributed by atoms with Crippen molar-refractivity contribution in [1.29, 1.82) is 0 Å². The lowest BCUT2D eigenvalue weighted by atomic mass is 10.3. The molecule has 1 heterocycles. The number of nitrogens with one attached hydrogen (secondary N) is 2. The van der Waals surface area contributed by atoms with E-state index in [0.29, 0.717) is 32.1 Å². The summed E-state index contributed by atoms with van der Waals surface area (Å²) >= 11 is 0. The number of methoxy groups -OCH3 is 1. The van der Waals surface area contributed by atoms with Crippen LogP contribution in [0.5, 0.6) is 0 Å². The predicted octanol–water partition coefficient (Wildman–Crippen LogP) is 0.511. The molecule has 0 spiro atoms. The number of nitrogens with zero attached hydrogens (tertiary/aromatic N) is 3. The van der Waals surface area contributed by atoms with Gasteiger partial charge in [-0.2, -0.15) is 13.2 Å². The summed E-state index contributed by atoms with van der Waals surface area (Å²) in [5.41, 5.74) is 0. The number of aliphatic imine (C=N–C) groups is 1. The van der Waals surface area contributed by atoms with Crippen LogP contribution >= 0.6 is 24.0 Å². The third kappa shape index (κ3) is 10.7. The molecule has 1 aliphatic rings. The van der Waals surface area contributed by atoms with Gasteiger partial charge in [-0.1, -0.05) is 0 Å². The van der Waals surface area contributed by atoms with E-state index in [0.717, 1.165) is 0 Å². The van der Waals surface area contributed by atoms with E-state index < -0.39 is 12.7 Å². The molecular formula is C14H27F3IN5O2. The van der Waals surface area contributed by atoms with E-state index in [4.69, 9.17) is 4.74 Å². The van der Waals surface area contributed by atoms with Gasteiger partial charge < -0.3 is 20.3 Å². The molecule has 0 aromatic heterocycles. The van der Waals surface area contributed by atoms with Crippen molar-refractivity contribution < 1.29 is 22.7 Å². The Morgan fingerprint density at radius 2 is 2.08 bits per heavy atom. The number of hydrogen-bond donors (Lipinski definition) is 2. The predicted molar refractivity (Wildman–Crippen MR) is 100 cm³/mol. The van der Waals surface area contributed by atoms with E-state index in [2.05, 4.69) is 15.6 Å². The molecule has 148 valence electrons. The van der Waals surface area contributed by atoms with Crippen molar-refractivity contribution in [3.8, 4) is 0 Å². The maximum absolute atomic E-state index is 12.4. The van der Waals surface area contributed by atoms with Gasteiger partial charge in [0.25, 0.3) is 0 Å². The average Bonchev–Trinajstić information content (AvgIpc) is 2.89. The zero-order valence-corrected chi connectivity index (χ0v) is 17.1. The van der Waals surface area contributed by atoms with E-state index >= 15 is 0 Å². The molecule has 1 unspecified atom stereocenters. The highest BCUT2D eigenvalue weighted by atomic mass is 127. The first kappa shape index (κ1) is 24.2. The molecule has 1 aliphatic heterocycles. The molecule has 1 atom stereocenters. The molecule has 0 aromatic rings. The second kappa shape index (κ2) is 11.7. The summed E-state index contributed by atoms with van der Waals surface area (Å²) < 4.78 is 42.2. The van der Waals surface area contributed by atoms with Gasteiger partial charge in [-0.15, -0.1) is 24.0 Å². The fourth-order valence-corrected chi connectivity index (χ4v) is 2.25. The molecule has 0 radical (unpaired) electrons. The number of rotatable bonds is 7. The topological polar surface area (TPSA) is 69.2 Å². The van der Waals surface area contributed by atoms with Crippen LogP contribution < -0.4 is 10.6 Å². The number of alkyl halides is 3. The molecule has 7 nitrogen and oxygen atoms in total. The van der Waals surface area contributed by atoms with Crippen LogP contribution in [-0.4, -0.2) is 94.4 Å². The third-order valence-corrected chi connectivity index (χ3v) is 3.49. The standard InChI is InChI=1S/C14H26F3N5O2.HI/c1-21(2)12(23)8-19-13(18-5-7-24-3)20-11-4-6-22(9-11)10-14(15,16)17;/h11H,4-10H2,1-3H3,(H2,18,19,20);1H. The van der Waals surface area contributed by atoms with Crippen LogP contribution in [0.15, 0.2) is 4.99 Å². The number of likely N-dealkylation sites (N-methyl/N-ethyl adjacent to an activating group) is 1. The van der Waals surface area contributed by atoms with Crippen molar-refractivity contribution in [2.24, 2.45) is 4.99 Å². The van der Waals surface area contributed by atoms with Crippen molar-refractivity contribution in [2.45, 2.75) is 18.6 Å². The van der Waals surface area contributed by atoms with E-state index in [-0.39, 0.29) is 49.0 Å². The van der Waals surface area contributed by atoms with Gasteiger partial charge in [-0.05, 0) is 6.42 Å². The Kier molecular flexibility index (Phi) is 11.3. The molecule has 1 saturated heterocycles. The summed E-state index contributed by atoms with van der Waals surface area (Å²) in [6, 6.07) is -0.143. The molecule has 0 aliphatic carbocycles. The van der Waals surface area contributed by atoms with E-state index in [1.54, 1.807) is 21.2 Å². The number of hydrogen-bond acceptors (Lipinski definition) is 4. The zero-order chi connectivity index (χ0) is 18.2. The number of halogens is 4. The zero-order valence-electron chi connectivity index (χ0n) is 14.7. The van der Waals surface area contributed by atoms with Crippen LogP contribution in [0.2, 0.25) is 0 Å². The van der Waals surface area contributed by atoms with Crippen LogP contribution in [0, 0.1) is 0 Å². The lowest BCUT2D eigenvalue weighted by molar-refractivity contribution is -0.143. The molecule has 0 bridgehead atoms. The Morgan fingerprint density at radius 3 is 2.64 bits per heavy atom. The van der Waals surface area contributed by atoms with Crippen LogP contribution in [0.4, 0.5) is 13.2 Å². The summed E-state index contributed by atoms with van der Waals surface area (Å²) in [7, 11) is 4.83. The average molecular weight is 481 g/mol. The first-order chi connectivity index (χ1) is 11.2.